The average molecular weight is 240 g/mol. The van der Waals surface area contributed by atoms with Crippen molar-refractivity contribution >= 4 is 0 Å². The zero-order chi connectivity index (χ0) is 12.2. The molecule has 1 aliphatic rings. The van der Waals surface area contributed by atoms with E-state index >= 15 is 0 Å². The minimum absolute atomic E-state index is 0.248. The molecule has 0 saturated carbocycles. The quantitative estimate of drug-likeness (QED) is 0.753. The third-order valence-corrected chi connectivity index (χ3v) is 2.88. The van der Waals surface area contributed by atoms with Crippen LogP contribution in [0.1, 0.15) is 13.3 Å². The molecule has 1 aliphatic heterocycles. The number of hydrogen-bond donors (Lipinski definition) is 1. The highest BCUT2D eigenvalue weighted by atomic mass is 19.4. The van der Waals surface area contributed by atoms with Crippen LogP contribution in [0.15, 0.2) is 0 Å². The number of ether oxygens (including phenoxy) is 1. The number of nitrogens with one attached hydrogen (secondary N) is 1. The van der Waals surface area contributed by atoms with Gasteiger partial charge < -0.3 is 10.2 Å². The SMILES string of the molecule is CC1CN(C)CCC1NCCOC(F)(F)F. The summed E-state index contributed by atoms with van der Waals surface area (Å²) in [4.78, 5) is 2.23. The van der Waals surface area contributed by atoms with Gasteiger partial charge in [-0.25, -0.2) is 0 Å². The fourth-order valence-electron chi connectivity index (χ4n) is 2.07. The lowest BCUT2D eigenvalue weighted by molar-refractivity contribution is -0.323. The Hall–Kier alpha value is -0.330. The van der Waals surface area contributed by atoms with Crippen molar-refractivity contribution in [1.29, 1.82) is 0 Å². The predicted molar refractivity (Wildman–Crippen MR) is 55.1 cm³/mol. The van der Waals surface area contributed by atoms with Crippen molar-refractivity contribution in [2.45, 2.75) is 25.7 Å². The fraction of sp³-hybridized carbons (Fsp3) is 1.00. The van der Waals surface area contributed by atoms with Crippen molar-refractivity contribution < 1.29 is 17.9 Å². The molecule has 1 rings (SSSR count). The zero-order valence-corrected chi connectivity index (χ0v) is 9.68. The highest BCUT2D eigenvalue weighted by Gasteiger charge is 2.29. The molecule has 3 nitrogen and oxygen atoms in total. The van der Waals surface area contributed by atoms with Gasteiger partial charge in [0, 0.05) is 19.1 Å². The van der Waals surface area contributed by atoms with E-state index in [1.54, 1.807) is 0 Å². The van der Waals surface area contributed by atoms with E-state index in [1.165, 1.54) is 0 Å². The normalized spacial score (nSPS) is 28.3. The van der Waals surface area contributed by atoms with Gasteiger partial charge in [0.1, 0.15) is 0 Å². The standard InChI is InChI=1S/C10H19F3N2O/c1-8-7-15(2)5-3-9(8)14-4-6-16-10(11,12)13/h8-9,14H,3-7H2,1-2H3. The van der Waals surface area contributed by atoms with Gasteiger partial charge in [-0.2, -0.15) is 0 Å². The number of hydrogen-bond acceptors (Lipinski definition) is 3. The van der Waals surface area contributed by atoms with Crippen LogP contribution in [0.4, 0.5) is 13.2 Å². The minimum atomic E-state index is -4.51. The van der Waals surface area contributed by atoms with E-state index in [4.69, 9.17) is 0 Å². The van der Waals surface area contributed by atoms with E-state index in [1.807, 2.05) is 0 Å². The third kappa shape index (κ3) is 5.14. The molecule has 96 valence electrons. The van der Waals surface area contributed by atoms with Crippen LogP contribution in [0.5, 0.6) is 0 Å². The molecule has 0 aliphatic carbocycles. The molecule has 2 atom stereocenters. The Morgan fingerprint density at radius 1 is 1.44 bits per heavy atom. The van der Waals surface area contributed by atoms with E-state index < -0.39 is 6.36 Å². The molecule has 0 aromatic rings. The summed E-state index contributed by atoms with van der Waals surface area (Å²) in [5.74, 6) is 0.463. The Labute approximate surface area is 93.9 Å². The molecule has 0 radical (unpaired) electrons. The second-order valence-corrected chi connectivity index (χ2v) is 4.38. The molecule has 1 heterocycles. The van der Waals surface area contributed by atoms with Crippen LogP contribution in [-0.4, -0.2) is 50.6 Å². The van der Waals surface area contributed by atoms with E-state index in [0.29, 0.717) is 12.0 Å². The molecule has 1 fully saturated rings. The summed E-state index contributed by atoms with van der Waals surface area (Å²) in [6, 6.07) is 0.299. The summed E-state index contributed by atoms with van der Waals surface area (Å²) in [5, 5.41) is 3.11. The molecule has 16 heavy (non-hydrogen) atoms. The van der Waals surface area contributed by atoms with Gasteiger partial charge in [0.25, 0.3) is 0 Å². The van der Waals surface area contributed by atoms with Gasteiger partial charge in [0.2, 0.25) is 0 Å². The van der Waals surface area contributed by atoms with Crippen LogP contribution in [0.2, 0.25) is 0 Å². The number of nitrogens with zero attached hydrogens (tertiary/aromatic N) is 1. The van der Waals surface area contributed by atoms with E-state index in [0.717, 1.165) is 19.5 Å². The fourth-order valence-corrected chi connectivity index (χ4v) is 2.07. The monoisotopic (exact) mass is 240 g/mol. The lowest BCUT2D eigenvalue weighted by Gasteiger charge is -2.35. The van der Waals surface area contributed by atoms with Crippen LogP contribution in [0.3, 0.4) is 0 Å². The predicted octanol–water partition coefficient (Wildman–Crippen LogP) is 1.45. The molecule has 0 amide bonds. The summed E-state index contributed by atoms with van der Waals surface area (Å²) in [6.45, 7) is 4.01. The molecule has 0 aromatic carbocycles. The lowest BCUT2D eigenvalue weighted by Crippen LogP contribution is -2.47. The molecule has 1 N–H and O–H groups in total. The Balaban J connectivity index is 2.13. The van der Waals surface area contributed by atoms with Crippen LogP contribution in [-0.2, 0) is 4.74 Å². The molecular weight excluding hydrogens is 221 g/mol. The number of rotatable bonds is 4. The van der Waals surface area contributed by atoms with Gasteiger partial charge in [-0.3, -0.25) is 4.74 Å². The maximum absolute atomic E-state index is 11.7. The van der Waals surface area contributed by atoms with Crippen molar-refractivity contribution in [2.75, 3.05) is 33.3 Å². The molecule has 0 spiro atoms. The van der Waals surface area contributed by atoms with Gasteiger partial charge in [-0.15, -0.1) is 13.2 Å². The topological polar surface area (TPSA) is 24.5 Å². The summed E-state index contributed by atoms with van der Waals surface area (Å²) in [5.41, 5.74) is 0. The van der Waals surface area contributed by atoms with E-state index in [9.17, 15) is 13.2 Å². The number of halogens is 3. The Bertz CT molecular complexity index is 211. The van der Waals surface area contributed by atoms with Crippen LogP contribution in [0.25, 0.3) is 0 Å². The third-order valence-electron chi connectivity index (χ3n) is 2.88. The maximum atomic E-state index is 11.7. The van der Waals surface area contributed by atoms with Crippen molar-refractivity contribution in [1.82, 2.24) is 10.2 Å². The lowest BCUT2D eigenvalue weighted by atomic mass is 9.94. The molecule has 0 bridgehead atoms. The van der Waals surface area contributed by atoms with E-state index in [2.05, 4.69) is 28.9 Å². The van der Waals surface area contributed by atoms with Gasteiger partial charge in [0.15, 0.2) is 0 Å². The molecule has 2 unspecified atom stereocenters. The number of alkyl halides is 3. The second kappa shape index (κ2) is 5.84. The minimum Gasteiger partial charge on any atom is -0.311 e. The molecular formula is C10H19F3N2O. The van der Waals surface area contributed by atoms with Crippen molar-refractivity contribution in [3.05, 3.63) is 0 Å². The molecule has 0 aromatic heterocycles. The first-order valence-electron chi connectivity index (χ1n) is 5.51. The van der Waals surface area contributed by atoms with Gasteiger partial charge in [-0.1, -0.05) is 6.92 Å². The summed E-state index contributed by atoms with van der Waals surface area (Å²) < 4.78 is 38.8. The van der Waals surface area contributed by atoms with Crippen LogP contribution < -0.4 is 5.32 Å². The Kier molecular flexibility index (Phi) is 5.01. The highest BCUT2D eigenvalue weighted by molar-refractivity contribution is 4.81. The van der Waals surface area contributed by atoms with E-state index in [-0.39, 0.29) is 13.2 Å². The summed E-state index contributed by atoms with van der Waals surface area (Å²) >= 11 is 0. The van der Waals surface area contributed by atoms with Crippen LogP contribution in [0, 0.1) is 5.92 Å². The smallest absolute Gasteiger partial charge is 0.311 e. The van der Waals surface area contributed by atoms with Crippen molar-refractivity contribution in [3.63, 3.8) is 0 Å². The zero-order valence-electron chi connectivity index (χ0n) is 9.68. The highest BCUT2D eigenvalue weighted by Crippen LogP contribution is 2.16. The van der Waals surface area contributed by atoms with Gasteiger partial charge in [-0.05, 0) is 25.9 Å². The molecule has 6 heteroatoms. The Morgan fingerprint density at radius 3 is 2.69 bits per heavy atom. The van der Waals surface area contributed by atoms with Crippen LogP contribution >= 0.6 is 0 Å². The van der Waals surface area contributed by atoms with Gasteiger partial charge >= 0.3 is 6.36 Å². The first-order valence-corrected chi connectivity index (χ1v) is 5.51. The van der Waals surface area contributed by atoms with Gasteiger partial charge in [0.05, 0.1) is 6.61 Å². The maximum Gasteiger partial charge on any atom is 0.522 e. The first-order chi connectivity index (χ1) is 7.38. The number of likely N-dealkylation sites (tertiary alicyclic amines) is 1. The average Bonchev–Trinajstić information content (AvgIpc) is 2.13. The summed E-state index contributed by atoms with van der Waals surface area (Å²) in [7, 11) is 2.06. The first kappa shape index (κ1) is 13.7. The molecule has 1 saturated heterocycles. The largest absolute Gasteiger partial charge is 0.522 e. The Morgan fingerprint density at radius 2 is 2.12 bits per heavy atom. The summed E-state index contributed by atoms with van der Waals surface area (Å²) in [6.07, 6.45) is -3.54. The van der Waals surface area contributed by atoms with Crippen molar-refractivity contribution in [3.8, 4) is 0 Å². The second-order valence-electron chi connectivity index (χ2n) is 4.38. The number of piperidine rings is 1. The van der Waals surface area contributed by atoms with Crippen molar-refractivity contribution in [2.24, 2.45) is 5.92 Å².